The van der Waals surface area contributed by atoms with Gasteiger partial charge in [-0.15, -0.1) is 0 Å². The number of nitrogens with zero attached hydrogens (tertiary/aromatic N) is 5. The Bertz CT molecular complexity index is 1240. The molecule has 2 aliphatic rings. The second-order valence-corrected chi connectivity index (χ2v) is 9.60. The van der Waals surface area contributed by atoms with Gasteiger partial charge in [-0.2, -0.15) is 0 Å². The predicted octanol–water partition coefficient (Wildman–Crippen LogP) is 4.99. The van der Waals surface area contributed by atoms with E-state index in [-0.39, 0.29) is 11.9 Å². The van der Waals surface area contributed by atoms with Gasteiger partial charge in [-0.3, -0.25) is 0 Å². The summed E-state index contributed by atoms with van der Waals surface area (Å²) in [5.41, 5.74) is 3.15. The van der Waals surface area contributed by atoms with Crippen LogP contribution in [0, 0.1) is 0 Å². The highest BCUT2D eigenvalue weighted by atomic mass is 35.5. The van der Waals surface area contributed by atoms with Crippen molar-refractivity contribution in [3.05, 3.63) is 53.7 Å². The first kappa shape index (κ1) is 23.3. The number of carbonyl (C=O) groups is 1. The zero-order valence-corrected chi connectivity index (χ0v) is 20.6. The van der Waals surface area contributed by atoms with Crippen LogP contribution in [0.15, 0.2) is 42.9 Å². The minimum Gasteiger partial charge on any atom is -0.486 e. The molecule has 0 bridgehead atoms. The van der Waals surface area contributed by atoms with E-state index in [1.165, 1.54) is 4.90 Å². The van der Waals surface area contributed by atoms with Gasteiger partial charge in [-0.25, -0.2) is 24.6 Å². The summed E-state index contributed by atoms with van der Waals surface area (Å²) in [6, 6.07) is 7.53. The number of carbonyl (C=O) groups excluding carboxylic acids is 1. The van der Waals surface area contributed by atoms with Gasteiger partial charge in [0.05, 0.1) is 24.5 Å². The van der Waals surface area contributed by atoms with Gasteiger partial charge >= 0.3 is 6.09 Å². The Morgan fingerprint density at radius 2 is 1.77 bits per heavy atom. The highest BCUT2D eigenvalue weighted by Crippen LogP contribution is 2.43. The van der Waals surface area contributed by atoms with Gasteiger partial charge in [-0.1, -0.05) is 6.07 Å². The van der Waals surface area contributed by atoms with Gasteiger partial charge in [0, 0.05) is 42.9 Å². The van der Waals surface area contributed by atoms with Crippen molar-refractivity contribution < 1.29 is 19.0 Å². The van der Waals surface area contributed by atoms with Crippen molar-refractivity contribution in [2.45, 2.75) is 33.0 Å². The standard InChI is InChI=1S/C25H26ClN5O4/c1-25(2,3)35-24(32)31-20-12-16(17-13-28-23(26)29-14-17)4-5-21(20)34-15-18-19(6-7-27-22(18)31)30-8-10-33-11-9-30/h4-7,12-14H,8-11,15H2,1-3H3. The SMILES string of the molecule is CC(C)(C)OC(=O)N1c2cc(-c3cnc(Cl)nc3)ccc2OCc2c(N3CCOCC3)ccnc21. The molecule has 0 radical (unpaired) electrons. The van der Waals surface area contributed by atoms with Crippen LogP contribution in [0.1, 0.15) is 26.3 Å². The number of ether oxygens (including phenoxy) is 3. The van der Waals surface area contributed by atoms with Crippen molar-refractivity contribution in [2.75, 3.05) is 36.1 Å². The fourth-order valence-electron chi connectivity index (χ4n) is 4.11. The molecule has 0 aliphatic carbocycles. The predicted molar refractivity (Wildman–Crippen MR) is 132 cm³/mol. The Balaban J connectivity index is 1.65. The lowest BCUT2D eigenvalue weighted by molar-refractivity contribution is 0.0598. The molecule has 2 aromatic heterocycles. The molecular formula is C25H26ClN5O4. The Morgan fingerprint density at radius 3 is 2.49 bits per heavy atom. The summed E-state index contributed by atoms with van der Waals surface area (Å²) in [6.07, 6.45) is 4.44. The Kier molecular flexibility index (Phi) is 6.21. The van der Waals surface area contributed by atoms with E-state index in [9.17, 15) is 4.79 Å². The molecule has 5 rings (SSSR count). The number of halogens is 1. The van der Waals surface area contributed by atoms with Crippen molar-refractivity contribution in [3.63, 3.8) is 0 Å². The molecule has 9 nitrogen and oxygen atoms in total. The molecule has 4 heterocycles. The molecule has 182 valence electrons. The third-order valence-corrected chi connectivity index (χ3v) is 5.87. The molecule has 0 atom stereocenters. The van der Waals surface area contributed by atoms with Crippen molar-refractivity contribution in [3.8, 4) is 16.9 Å². The van der Waals surface area contributed by atoms with E-state index < -0.39 is 11.7 Å². The summed E-state index contributed by atoms with van der Waals surface area (Å²) < 4.78 is 17.6. The lowest BCUT2D eigenvalue weighted by Gasteiger charge is -2.32. The molecule has 1 fully saturated rings. The van der Waals surface area contributed by atoms with Crippen LogP contribution in [0.5, 0.6) is 5.75 Å². The van der Waals surface area contributed by atoms with Crippen molar-refractivity contribution in [1.29, 1.82) is 0 Å². The van der Waals surface area contributed by atoms with Gasteiger partial charge in [-0.05, 0) is 56.1 Å². The average Bonchev–Trinajstić information content (AvgIpc) is 3.00. The number of rotatable bonds is 2. The first-order valence-electron chi connectivity index (χ1n) is 11.4. The van der Waals surface area contributed by atoms with Crippen molar-refractivity contribution >= 4 is 34.9 Å². The van der Waals surface area contributed by atoms with Crippen LogP contribution >= 0.6 is 11.6 Å². The summed E-state index contributed by atoms with van der Waals surface area (Å²) in [7, 11) is 0. The Morgan fingerprint density at radius 1 is 1.03 bits per heavy atom. The van der Waals surface area contributed by atoms with Crippen LogP contribution in [-0.2, 0) is 16.1 Å². The van der Waals surface area contributed by atoms with Gasteiger partial charge in [0.1, 0.15) is 18.0 Å². The third kappa shape index (κ3) is 4.87. The van der Waals surface area contributed by atoms with Crippen LogP contribution in [0.4, 0.5) is 22.0 Å². The van der Waals surface area contributed by atoms with Crippen LogP contribution < -0.4 is 14.5 Å². The zero-order chi connectivity index (χ0) is 24.6. The fraction of sp³-hybridized carbons (Fsp3) is 0.360. The number of hydrogen-bond acceptors (Lipinski definition) is 8. The molecule has 10 heteroatoms. The molecule has 3 aromatic rings. The maximum Gasteiger partial charge on any atom is 0.420 e. The first-order valence-corrected chi connectivity index (χ1v) is 11.8. The summed E-state index contributed by atoms with van der Waals surface area (Å²) in [5, 5.41) is 0.163. The molecule has 0 N–H and O–H groups in total. The Labute approximate surface area is 208 Å². The number of amides is 1. The first-order chi connectivity index (χ1) is 16.8. The maximum absolute atomic E-state index is 13.6. The third-order valence-electron chi connectivity index (χ3n) is 5.67. The zero-order valence-electron chi connectivity index (χ0n) is 19.8. The lowest BCUT2D eigenvalue weighted by atomic mass is 10.1. The second-order valence-electron chi connectivity index (χ2n) is 9.26. The lowest BCUT2D eigenvalue weighted by Crippen LogP contribution is -2.38. The van der Waals surface area contributed by atoms with E-state index >= 15 is 0 Å². The molecule has 1 aromatic carbocycles. The minimum absolute atomic E-state index is 0.163. The highest BCUT2D eigenvalue weighted by Gasteiger charge is 2.34. The van der Waals surface area contributed by atoms with Crippen LogP contribution in [-0.4, -0.2) is 52.9 Å². The van der Waals surface area contributed by atoms with E-state index in [0.29, 0.717) is 30.5 Å². The number of morpholine rings is 1. The summed E-state index contributed by atoms with van der Waals surface area (Å²) >= 11 is 5.87. The topological polar surface area (TPSA) is 89.9 Å². The number of benzene rings is 1. The molecular weight excluding hydrogens is 470 g/mol. The smallest absolute Gasteiger partial charge is 0.420 e. The number of anilines is 3. The monoisotopic (exact) mass is 495 g/mol. The largest absolute Gasteiger partial charge is 0.486 e. The summed E-state index contributed by atoms with van der Waals surface area (Å²) in [5.74, 6) is 1.02. The van der Waals surface area contributed by atoms with Gasteiger partial charge in [0.15, 0.2) is 5.82 Å². The maximum atomic E-state index is 13.6. The molecule has 1 saturated heterocycles. The van der Waals surface area contributed by atoms with E-state index in [2.05, 4.69) is 19.9 Å². The molecule has 0 saturated carbocycles. The normalized spacial score (nSPS) is 15.5. The van der Waals surface area contributed by atoms with E-state index in [4.69, 9.17) is 25.8 Å². The molecule has 0 unspecified atom stereocenters. The molecule has 0 spiro atoms. The van der Waals surface area contributed by atoms with Gasteiger partial charge in [0.2, 0.25) is 5.28 Å². The van der Waals surface area contributed by atoms with Crippen LogP contribution in [0.3, 0.4) is 0 Å². The molecule has 35 heavy (non-hydrogen) atoms. The molecule has 2 aliphatic heterocycles. The second kappa shape index (κ2) is 9.31. The van der Waals surface area contributed by atoms with Crippen molar-refractivity contribution in [1.82, 2.24) is 15.0 Å². The quantitative estimate of drug-likeness (QED) is 0.459. The molecule has 1 amide bonds. The summed E-state index contributed by atoms with van der Waals surface area (Å²) in [6.45, 7) is 8.53. The van der Waals surface area contributed by atoms with E-state index in [1.807, 2.05) is 45.0 Å². The van der Waals surface area contributed by atoms with Gasteiger partial charge < -0.3 is 19.1 Å². The van der Waals surface area contributed by atoms with Crippen molar-refractivity contribution in [2.24, 2.45) is 0 Å². The average molecular weight is 496 g/mol. The fourth-order valence-corrected chi connectivity index (χ4v) is 4.21. The Hall–Kier alpha value is -3.43. The van der Waals surface area contributed by atoms with Crippen LogP contribution in [0.25, 0.3) is 11.1 Å². The van der Waals surface area contributed by atoms with E-state index in [0.717, 1.165) is 35.5 Å². The van der Waals surface area contributed by atoms with Gasteiger partial charge in [0.25, 0.3) is 0 Å². The summed E-state index contributed by atoms with van der Waals surface area (Å²) in [4.78, 5) is 30.1. The minimum atomic E-state index is -0.700. The number of fused-ring (bicyclic) bond motifs is 2. The van der Waals surface area contributed by atoms with E-state index in [1.54, 1.807) is 18.6 Å². The number of aromatic nitrogens is 3. The van der Waals surface area contributed by atoms with Crippen LogP contribution in [0.2, 0.25) is 5.28 Å². The number of pyridine rings is 1. The highest BCUT2D eigenvalue weighted by molar-refractivity contribution is 6.28. The number of hydrogen-bond donors (Lipinski definition) is 0.